The van der Waals surface area contributed by atoms with Crippen molar-refractivity contribution in [1.82, 2.24) is 19.7 Å². The van der Waals surface area contributed by atoms with E-state index in [1.54, 1.807) is 42.7 Å². The van der Waals surface area contributed by atoms with Gasteiger partial charge in [0.1, 0.15) is 0 Å². The fourth-order valence-corrected chi connectivity index (χ4v) is 3.34. The molecule has 0 bridgehead atoms. The summed E-state index contributed by atoms with van der Waals surface area (Å²) >= 11 is 1.24. The molecule has 1 N–H and O–H groups in total. The van der Waals surface area contributed by atoms with Crippen LogP contribution in [0.4, 0.5) is 5.69 Å². The second-order valence-electron chi connectivity index (χ2n) is 5.82. The first-order chi connectivity index (χ1) is 14.1. The second kappa shape index (κ2) is 9.65. The van der Waals surface area contributed by atoms with E-state index in [0.717, 1.165) is 5.56 Å². The highest BCUT2D eigenvalue weighted by Crippen LogP contribution is 2.24. The van der Waals surface area contributed by atoms with Crippen LogP contribution in [-0.4, -0.2) is 44.5 Å². The van der Waals surface area contributed by atoms with Gasteiger partial charge >= 0.3 is 5.97 Å². The number of anilines is 1. The van der Waals surface area contributed by atoms with E-state index in [2.05, 4.69) is 27.1 Å². The largest absolute Gasteiger partial charge is 0.465 e. The van der Waals surface area contributed by atoms with E-state index in [4.69, 9.17) is 4.74 Å². The van der Waals surface area contributed by atoms with Gasteiger partial charge in [-0.3, -0.25) is 14.3 Å². The van der Waals surface area contributed by atoms with Gasteiger partial charge in [0.25, 0.3) is 0 Å². The number of para-hydroxylation sites is 1. The fraction of sp³-hybridized carbons (Fsp3) is 0.150. The molecule has 3 rings (SSSR count). The lowest BCUT2D eigenvalue weighted by molar-refractivity contribution is -0.113. The zero-order chi connectivity index (χ0) is 20.6. The molecular formula is C20H19N5O3S. The molecule has 2 heterocycles. The van der Waals surface area contributed by atoms with Crippen LogP contribution in [0.5, 0.6) is 0 Å². The molecule has 0 atom stereocenters. The van der Waals surface area contributed by atoms with Crippen molar-refractivity contribution in [3.8, 4) is 11.4 Å². The minimum Gasteiger partial charge on any atom is -0.465 e. The van der Waals surface area contributed by atoms with Crippen LogP contribution in [0.2, 0.25) is 0 Å². The monoisotopic (exact) mass is 409 g/mol. The molecular weight excluding hydrogens is 390 g/mol. The Labute approximate surface area is 172 Å². The van der Waals surface area contributed by atoms with Crippen molar-refractivity contribution in [2.75, 3.05) is 18.2 Å². The van der Waals surface area contributed by atoms with Crippen LogP contribution in [-0.2, 0) is 16.1 Å². The number of hydrogen-bond acceptors (Lipinski definition) is 7. The van der Waals surface area contributed by atoms with E-state index in [9.17, 15) is 9.59 Å². The molecule has 0 aliphatic heterocycles. The predicted molar refractivity (Wildman–Crippen MR) is 111 cm³/mol. The molecule has 9 heteroatoms. The molecule has 3 aromatic rings. The van der Waals surface area contributed by atoms with E-state index < -0.39 is 5.97 Å². The summed E-state index contributed by atoms with van der Waals surface area (Å²) < 4.78 is 6.61. The van der Waals surface area contributed by atoms with Gasteiger partial charge in [-0.1, -0.05) is 30.0 Å². The van der Waals surface area contributed by atoms with Gasteiger partial charge in [0.05, 0.1) is 24.1 Å². The lowest BCUT2D eigenvalue weighted by Gasteiger charge is -2.10. The molecule has 0 saturated carbocycles. The third-order valence-electron chi connectivity index (χ3n) is 3.89. The van der Waals surface area contributed by atoms with E-state index >= 15 is 0 Å². The summed E-state index contributed by atoms with van der Waals surface area (Å²) in [6.45, 7) is 4.26. The number of nitrogens with one attached hydrogen (secondary N) is 1. The van der Waals surface area contributed by atoms with Crippen molar-refractivity contribution in [2.24, 2.45) is 0 Å². The van der Waals surface area contributed by atoms with Gasteiger partial charge in [0, 0.05) is 24.5 Å². The number of thioether (sulfide) groups is 1. The van der Waals surface area contributed by atoms with Crippen molar-refractivity contribution >= 4 is 29.3 Å². The van der Waals surface area contributed by atoms with Crippen molar-refractivity contribution in [2.45, 2.75) is 11.7 Å². The van der Waals surface area contributed by atoms with Gasteiger partial charge in [0.15, 0.2) is 11.0 Å². The van der Waals surface area contributed by atoms with Crippen molar-refractivity contribution in [1.29, 1.82) is 0 Å². The average Bonchev–Trinajstić information content (AvgIpc) is 3.15. The molecule has 0 aliphatic carbocycles. The number of benzene rings is 1. The summed E-state index contributed by atoms with van der Waals surface area (Å²) in [5.41, 5.74) is 1.51. The number of allylic oxidation sites excluding steroid dienone is 1. The highest BCUT2D eigenvalue weighted by Gasteiger charge is 2.17. The quantitative estimate of drug-likeness (QED) is 0.347. The highest BCUT2D eigenvalue weighted by atomic mass is 32.2. The number of amides is 1. The Morgan fingerprint density at radius 3 is 2.79 bits per heavy atom. The molecule has 1 amide bonds. The number of esters is 1. The van der Waals surface area contributed by atoms with Crippen LogP contribution in [0.15, 0.2) is 66.6 Å². The van der Waals surface area contributed by atoms with Gasteiger partial charge in [0.2, 0.25) is 5.91 Å². The Bertz CT molecular complexity index is 1020. The Morgan fingerprint density at radius 1 is 1.24 bits per heavy atom. The number of ether oxygens (including phenoxy) is 1. The third-order valence-corrected chi connectivity index (χ3v) is 4.85. The predicted octanol–water partition coefficient (Wildman–Crippen LogP) is 3.04. The van der Waals surface area contributed by atoms with Crippen LogP contribution < -0.4 is 5.32 Å². The normalized spacial score (nSPS) is 10.4. The van der Waals surface area contributed by atoms with Crippen LogP contribution >= 0.6 is 11.8 Å². The van der Waals surface area contributed by atoms with Gasteiger partial charge in [-0.05, 0) is 24.3 Å². The average molecular weight is 409 g/mol. The van der Waals surface area contributed by atoms with Crippen molar-refractivity contribution in [3.05, 3.63) is 67.0 Å². The maximum atomic E-state index is 12.4. The molecule has 0 aliphatic rings. The molecule has 1 aromatic carbocycles. The van der Waals surface area contributed by atoms with Gasteiger partial charge < -0.3 is 10.1 Å². The standard InChI is InChI=1S/C20H19N5O3S/c1-3-11-25-18(14-7-6-10-21-12-14)23-24-20(25)29-13-17(26)22-16-9-5-4-8-15(16)19(27)28-2/h3-10,12H,1,11,13H2,2H3,(H,22,26). The molecule has 148 valence electrons. The summed E-state index contributed by atoms with van der Waals surface area (Å²) in [7, 11) is 1.29. The summed E-state index contributed by atoms with van der Waals surface area (Å²) in [4.78, 5) is 28.4. The van der Waals surface area contributed by atoms with Crippen molar-refractivity contribution < 1.29 is 14.3 Å². The molecule has 0 spiro atoms. The summed E-state index contributed by atoms with van der Waals surface area (Å²) in [5.74, 6) is -0.0440. The number of nitrogens with zero attached hydrogens (tertiary/aromatic N) is 4. The molecule has 8 nitrogen and oxygen atoms in total. The first kappa shape index (κ1) is 20.3. The second-order valence-corrected chi connectivity index (χ2v) is 6.76. The first-order valence-electron chi connectivity index (χ1n) is 8.68. The maximum Gasteiger partial charge on any atom is 0.339 e. The zero-order valence-corrected chi connectivity index (χ0v) is 16.6. The third kappa shape index (κ3) is 4.88. The highest BCUT2D eigenvalue weighted by molar-refractivity contribution is 7.99. The summed E-state index contributed by atoms with van der Waals surface area (Å²) in [5, 5.41) is 11.7. The Kier molecular flexibility index (Phi) is 6.75. The topological polar surface area (TPSA) is 99.0 Å². The first-order valence-corrected chi connectivity index (χ1v) is 9.67. The minimum absolute atomic E-state index is 0.0951. The number of rotatable bonds is 8. The number of methoxy groups -OCH3 is 1. The Hall–Kier alpha value is -3.46. The minimum atomic E-state index is -0.514. The lowest BCUT2D eigenvalue weighted by atomic mass is 10.2. The van der Waals surface area contributed by atoms with Gasteiger partial charge in [-0.2, -0.15) is 0 Å². The number of hydrogen-bond donors (Lipinski definition) is 1. The SMILES string of the molecule is C=CCn1c(SCC(=O)Nc2ccccc2C(=O)OC)nnc1-c1cccnc1. The van der Waals surface area contributed by atoms with Crippen molar-refractivity contribution in [3.63, 3.8) is 0 Å². The van der Waals surface area contributed by atoms with E-state index in [1.807, 2.05) is 16.7 Å². The van der Waals surface area contributed by atoms with Gasteiger partial charge in [-0.25, -0.2) is 4.79 Å². The van der Waals surface area contributed by atoms with E-state index in [1.165, 1.54) is 18.9 Å². The maximum absolute atomic E-state index is 12.4. The Balaban J connectivity index is 1.72. The lowest BCUT2D eigenvalue weighted by Crippen LogP contribution is -2.17. The van der Waals surface area contributed by atoms with Crippen LogP contribution in [0, 0.1) is 0 Å². The van der Waals surface area contributed by atoms with Crippen LogP contribution in [0.3, 0.4) is 0 Å². The summed E-state index contributed by atoms with van der Waals surface area (Å²) in [6, 6.07) is 10.4. The number of carbonyl (C=O) groups excluding carboxylic acids is 2. The molecule has 2 aromatic heterocycles. The molecule has 0 unspecified atom stereocenters. The fourth-order valence-electron chi connectivity index (χ4n) is 2.59. The van der Waals surface area contributed by atoms with Crippen LogP contribution in [0.25, 0.3) is 11.4 Å². The zero-order valence-electron chi connectivity index (χ0n) is 15.7. The van der Waals surface area contributed by atoms with Crippen LogP contribution in [0.1, 0.15) is 10.4 Å². The number of aromatic nitrogens is 4. The summed E-state index contributed by atoms with van der Waals surface area (Å²) in [6.07, 6.45) is 5.12. The smallest absolute Gasteiger partial charge is 0.339 e. The molecule has 0 saturated heterocycles. The number of pyridine rings is 1. The molecule has 29 heavy (non-hydrogen) atoms. The van der Waals surface area contributed by atoms with Gasteiger partial charge in [-0.15, -0.1) is 16.8 Å². The molecule has 0 radical (unpaired) electrons. The van der Waals surface area contributed by atoms with E-state index in [-0.39, 0.29) is 11.7 Å². The Morgan fingerprint density at radius 2 is 2.07 bits per heavy atom. The van der Waals surface area contributed by atoms with E-state index in [0.29, 0.717) is 28.8 Å². The number of carbonyl (C=O) groups is 2. The molecule has 0 fully saturated rings.